The number of nitrogens with zero attached hydrogens (tertiary/aromatic N) is 3. The molecule has 2 aromatic carbocycles. The number of carbonyl (C=O) groups excluding carboxylic acids is 1. The lowest BCUT2D eigenvalue weighted by Gasteiger charge is -2.16. The minimum Gasteiger partial charge on any atom is -0.481 e. The Morgan fingerprint density at radius 3 is 2.40 bits per heavy atom. The Hall–Kier alpha value is -4.81. The third kappa shape index (κ3) is 7.04. The summed E-state index contributed by atoms with van der Waals surface area (Å²) in [4.78, 5) is 44.5. The summed E-state index contributed by atoms with van der Waals surface area (Å²) >= 11 is 14.1. The molecule has 0 aliphatic carbocycles. The lowest BCUT2D eigenvalue weighted by molar-refractivity contribution is -0.136. The van der Waals surface area contributed by atoms with Crippen LogP contribution in [0, 0.1) is 0 Å². The Kier molecular flexibility index (Phi) is 10.0. The number of pyridine rings is 2. The van der Waals surface area contributed by atoms with Gasteiger partial charge in [0.1, 0.15) is 5.65 Å². The van der Waals surface area contributed by atoms with Crippen LogP contribution in [-0.4, -0.2) is 57.6 Å². The van der Waals surface area contributed by atoms with Gasteiger partial charge in [-0.05, 0) is 30.2 Å². The van der Waals surface area contributed by atoms with E-state index in [0.717, 1.165) is 34.2 Å². The standard InChI is InChI=1S/C35H32Cl2N6O5/c1-48-34-21(15-38-18-23-9-11-30(44)41-23)8-10-28(42-34)27-7-3-6-26(33(27)37)25-5-2-4-24(32(25)36)20-12-13-43-29(14-20)40-17-22(35(43)47)16-39-19-31(45)46/h2-8,10,12-14,17,23,38-39H,9,11,15-16,18-19H2,1H3,(H,41,44)(H,45,46)/t23-/m0/s1. The molecule has 0 bridgehead atoms. The lowest BCUT2D eigenvalue weighted by Crippen LogP contribution is -2.35. The number of halogens is 2. The van der Waals surface area contributed by atoms with Gasteiger partial charge in [0.25, 0.3) is 5.56 Å². The van der Waals surface area contributed by atoms with Crippen LogP contribution in [0.15, 0.2) is 77.9 Å². The number of fused-ring (bicyclic) bond motifs is 1. The van der Waals surface area contributed by atoms with E-state index in [0.29, 0.717) is 57.9 Å². The molecule has 0 spiro atoms. The van der Waals surface area contributed by atoms with Gasteiger partial charge in [-0.1, -0.05) is 65.7 Å². The molecule has 1 fully saturated rings. The number of carboxylic acid groups (broad SMARTS) is 1. The number of carboxylic acids is 1. The Morgan fingerprint density at radius 2 is 1.69 bits per heavy atom. The number of methoxy groups -OCH3 is 1. The quantitative estimate of drug-likeness (QED) is 0.143. The van der Waals surface area contributed by atoms with Crippen molar-refractivity contribution in [1.82, 2.24) is 30.3 Å². The number of carbonyl (C=O) groups is 2. The topological polar surface area (TPSA) is 147 Å². The van der Waals surface area contributed by atoms with E-state index in [2.05, 4.69) is 20.9 Å². The zero-order valence-electron chi connectivity index (χ0n) is 25.9. The lowest BCUT2D eigenvalue weighted by atomic mass is 9.97. The summed E-state index contributed by atoms with van der Waals surface area (Å²) in [6.07, 6.45) is 4.45. The van der Waals surface area contributed by atoms with Crippen LogP contribution >= 0.6 is 23.2 Å². The highest BCUT2D eigenvalue weighted by molar-refractivity contribution is 6.39. The van der Waals surface area contributed by atoms with Crippen molar-refractivity contribution in [3.8, 4) is 39.4 Å². The number of hydrogen-bond acceptors (Lipinski definition) is 8. The Morgan fingerprint density at radius 1 is 0.979 bits per heavy atom. The second-order valence-corrected chi connectivity index (χ2v) is 12.1. The van der Waals surface area contributed by atoms with E-state index in [1.54, 1.807) is 25.4 Å². The number of aliphatic carboxylic acids is 1. The van der Waals surface area contributed by atoms with E-state index < -0.39 is 5.97 Å². The first-order valence-electron chi connectivity index (χ1n) is 15.3. The van der Waals surface area contributed by atoms with Gasteiger partial charge in [0.2, 0.25) is 11.8 Å². The summed E-state index contributed by atoms with van der Waals surface area (Å²) in [5.41, 5.74) is 5.64. The molecule has 0 saturated carbocycles. The fourth-order valence-corrected chi connectivity index (χ4v) is 6.41. The first-order chi connectivity index (χ1) is 23.2. The molecule has 1 aliphatic rings. The number of aromatic nitrogens is 3. The summed E-state index contributed by atoms with van der Waals surface area (Å²) in [7, 11) is 1.58. The van der Waals surface area contributed by atoms with Crippen molar-refractivity contribution in [3.63, 3.8) is 0 Å². The predicted octanol–water partition coefficient (Wildman–Crippen LogP) is 4.95. The van der Waals surface area contributed by atoms with E-state index in [1.807, 2.05) is 48.5 Å². The van der Waals surface area contributed by atoms with Gasteiger partial charge in [0, 0.05) is 72.3 Å². The summed E-state index contributed by atoms with van der Waals surface area (Å²) in [6.45, 7) is 1.01. The van der Waals surface area contributed by atoms with Gasteiger partial charge < -0.3 is 25.8 Å². The molecule has 6 rings (SSSR count). The summed E-state index contributed by atoms with van der Waals surface area (Å²) in [5, 5.41) is 18.8. The van der Waals surface area contributed by atoms with Crippen LogP contribution in [0.4, 0.5) is 0 Å². The zero-order chi connectivity index (χ0) is 33.8. The van der Waals surface area contributed by atoms with E-state index in [-0.39, 0.29) is 30.6 Å². The molecule has 48 heavy (non-hydrogen) atoms. The number of rotatable bonds is 12. The maximum Gasteiger partial charge on any atom is 0.317 e. The second kappa shape index (κ2) is 14.5. The van der Waals surface area contributed by atoms with E-state index in [9.17, 15) is 14.4 Å². The van der Waals surface area contributed by atoms with Crippen LogP contribution in [0.25, 0.3) is 39.2 Å². The largest absolute Gasteiger partial charge is 0.481 e. The second-order valence-electron chi connectivity index (χ2n) is 11.4. The maximum atomic E-state index is 13.0. The first kappa shape index (κ1) is 33.1. The first-order valence-corrected chi connectivity index (χ1v) is 16.0. The zero-order valence-corrected chi connectivity index (χ0v) is 27.4. The average molecular weight is 688 g/mol. The Balaban J connectivity index is 1.26. The highest BCUT2D eigenvalue weighted by Crippen LogP contribution is 2.42. The molecule has 1 aliphatic heterocycles. The van der Waals surface area contributed by atoms with Gasteiger partial charge >= 0.3 is 5.97 Å². The molecule has 11 nitrogen and oxygen atoms in total. The minimum absolute atomic E-state index is 0.0852. The summed E-state index contributed by atoms with van der Waals surface area (Å²) < 4.78 is 7.03. The number of nitrogens with one attached hydrogen (secondary N) is 3. The molecule has 1 saturated heterocycles. The van der Waals surface area contributed by atoms with Gasteiger partial charge in [-0.25, -0.2) is 9.97 Å². The maximum absolute atomic E-state index is 13.0. The van der Waals surface area contributed by atoms with Crippen LogP contribution in [0.5, 0.6) is 5.88 Å². The molecule has 0 unspecified atom stereocenters. The number of hydrogen-bond donors (Lipinski definition) is 4. The van der Waals surface area contributed by atoms with Gasteiger partial charge in [0.15, 0.2) is 0 Å². The monoisotopic (exact) mass is 686 g/mol. The van der Waals surface area contributed by atoms with Crippen LogP contribution in [0.3, 0.4) is 0 Å². The molecular formula is C35H32Cl2N6O5. The Bertz CT molecular complexity index is 2090. The van der Waals surface area contributed by atoms with Crippen molar-refractivity contribution < 1.29 is 19.4 Å². The molecule has 1 atom stereocenters. The molecule has 4 N–H and O–H groups in total. The highest BCUT2D eigenvalue weighted by Gasteiger charge is 2.21. The van der Waals surface area contributed by atoms with Crippen molar-refractivity contribution in [2.45, 2.75) is 32.0 Å². The molecule has 1 amide bonds. The Labute approximate surface area is 285 Å². The molecule has 5 aromatic rings. The van der Waals surface area contributed by atoms with Crippen LogP contribution in [0.2, 0.25) is 10.0 Å². The van der Waals surface area contributed by atoms with Gasteiger partial charge in [-0.2, -0.15) is 0 Å². The fraction of sp³-hybridized carbons (Fsp3) is 0.229. The predicted molar refractivity (Wildman–Crippen MR) is 184 cm³/mol. The molecule has 4 heterocycles. The van der Waals surface area contributed by atoms with Crippen molar-refractivity contribution in [1.29, 1.82) is 0 Å². The van der Waals surface area contributed by atoms with E-state index in [4.69, 9.17) is 38.0 Å². The summed E-state index contributed by atoms with van der Waals surface area (Å²) in [5.74, 6) is -0.448. The fourth-order valence-electron chi connectivity index (χ4n) is 5.75. The highest BCUT2D eigenvalue weighted by atomic mass is 35.5. The van der Waals surface area contributed by atoms with Crippen molar-refractivity contribution in [2.75, 3.05) is 20.2 Å². The molecule has 0 radical (unpaired) electrons. The van der Waals surface area contributed by atoms with Crippen LogP contribution in [-0.2, 0) is 22.7 Å². The molecular weight excluding hydrogens is 655 g/mol. The van der Waals surface area contributed by atoms with Crippen LogP contribution < -0.4 is 26.2 Å². The number of amides is 1. The van der Waals surface area contributed by atoms with E-state index >= 15 is 0 Å². The third-order valence-corrected chi connectivity index (χ3v) is 8.98. The number of ether oxygens (including phenoxy) is 1. The average Bonchev–Trinajstić information content (AvgIpc) is 3.50. The molecule has 3 aromatic heterocycles. The summed E-state index contributed by atoms with van der Waals surface area (Å²) in [6, 6.07) is 18.9. The van der Waals surface area contributed by atoms with Crippen molar-refractivity contribution in [2.24, 2.45) is 0 Å². The van der Waals surface area contributed by atoms with Gasteiger partial charge in [-0.15, -0.1) is 0 Å². The SMILES string of the molecule is COc1nc(-c2cccc(-c3cccc(-c4ccn5c(=O)c(CNCC(=O)O)cnc5c4)c3Cl)c2Cl)ccc1CNC[C@@H]1CCC(=O)N1. The van der Waals surface area contributed by atoms with Crippen molar-refractivity contribution >= 4 is 40.7 Å². The van der Waals surface area contributed by atoms with Crippen molar-refractivity contribution in [3.05, 3.63) is 105 Å². The van der Waals surface area contributed by atoms with E-state index in [1.165, 1.54) is 10.6 Å². The normalized spacial score (nSPS) is 14.3. The number of benzene rings is 2. The minimum atomic E-state index is -1.01. The molecule has 13 heteroatoms. The molecule has 246 valence electrons. The third-order valence-electron chi connectivity index (χ3n) is 8.17. The smallest absolute Gasteiger partial charge is 0.317 e. The van der Waals surface area contributed by atoms with Gasteiger partial charge in [0.05, 0.1) is 35.0 Å². The van der Waals surface area contributed by atoms with Crippen LogP contribution in [0.1, 0.15) is 24.0 Å². The van der Waals surface area contributed by atoms with Gasteiger partial charge in [-0.3, -0.25) is 18.8 Å².